The van der Waals surface area contributed by atoms with Crippen molar-refractivity contribution >= 4 is 11.9 Å². The topological polar surface area (TPSA) is 84.2 Å². The van der Waals surface area contributed by atoms with Crippen LogP contribution in [0.1, 0.15) is 30.8 Å². The van der Waals surface area contributed by atoms with Gasteiger partial charge in [-0.25, -0.2) is 0 Å². The molecule has 1 amide bonds. The number of carboxylic acid groups (broad SMARTS) is 1. The predicted molar refractivity (Wildman–Crippen MR) is 66.1 cm³/mol. The van der Waals surface area contributed by atoms with Crippen LogP contribution in [-0.2, 0) is 11.8 Å². The number of hydrogen-bond donors (Lipinski definition) is 2. The lowest BCUT2D eigenvalue weighted by Gasteiger charge is -2.15. The van der Waals surface area contributed by atoms with Gasteiger partial charge in [-0.3, -0.25) is 14.3 Å². The van der Waals surface area contributed by atoms with Crippen LogP contribution in [0.2, 0.25) is 0 Å². The van der Waals surface area contributed by atoms with Gasteiger partial charge in [0.15, 0.2) is 0 Å². The van der Waals surface area contributed by atoms with Crippen molar-refractivity contribution in [2.75, 3.05) is 6.54 Å². The van der Waals surface area contributed by atoms with E-state index >= 15 is 0 Å². The molecule has 0 fully saturated rings. The van der Waals surface area contributed by atoms with E-state index in [1.807, 2.05) is 13.8 Å². The van der Waals surface area contributed by atoms with Crippen molar-refractivity contribution in [2.24, 2.45) is 18.9 Å². The summed E-state index contributed by atoms with van der Waals surface area (Å²) in [5.41, 5.74) is 0.420. The highest BCUT2D eigenvalue weighted by Crippen LogP contribution is 2.11. The molecule has 0 saturated carbocycles. The van der Waals surface area contributed by atoms with Crippen molar-refractivity contribution in [3.63, 3.8) is 0 Å². The van der Waals surface area contributed by atoms with Crippen molar-refractivity contribution in [1.82, 2.24) is 15.1 Å². The Hall–Kier alpha value is -1.85. The average Bonchev–Trinajstić information content (AvgIpc) is 2.69. The first-order valence-corrected chi connectivity index (χ1v) is 5.90. The summed E-state index contributed by atoms with van der Waals surface area (Å²) in [6, 6.07) is 1.59. The fraction of sp³-hybridized carbons (Fsp3) is 0.583. The van der Waals surface area contributed by atoms with Crippen LogP contribution in [0.25, 0.3) is 0 Å². The molecule has 0 spiro atoms. The Balaban J connectivity index is 2.55. The van der Waals surface area contributed by atoms with Crippen molar-refractivity contribution in [1.29, 1.82) is 0 Å². The Morgan fingerprint density at radius 1 is 1.50 bits per heavy atom. The lowest BCUT2D eigenvalue weighted by molar-refractivity contribution is -0.142. The molecular weight excluding hydrogens is 234 g/mol. The number of carboxylic acids is 1. The van der Waals surface area contributed by atoms with Gasteiger partial charge in [-0.1, -0.05) is 13.8 Å². The summed E-state index contributed by atoms with van der Waals surface area (Å²) < 4.78 is 1.45. The van der Waals surface area contributed by atoms with Crippen LogP contribution < -0.4 is 5.32 Å². The van der Waals surface area contributed by atoms with E-state index in [4.69, 9.17) is 5.11 Å². The molecule has 0 bridgehead atoms. The summed E-state index contributed by atoms with van der Waals surface area (Å²) in [5, 5.41) is 15.6. The molecular formula is C12H19N3O3. The molecule has 1 aromatic heterocycles. The van der Waals surface area contributed by atoms with E-state index < -0.39 is 11.9 Å². The molecule has 0 aromatic carbocycles. The van der Waals surface area contributed by atoms with Gasteiger partial charge in [0.25, 0.3) is 5.91 Å². The molecule has 1 rings (SSSR count). The average molecular weight is 253 g/mol. The van der Waals surface area contributed by atoms with E-state index in [1.54, 1.807) is 13.1 Å². The highest BCUT2D eigenvalue weighted by Gasteiger charge is 2.20. The SMILES string of the molecule is CC(C)CC(CNC(=O)c1ccnn1C)C(=O)O. The number of carbonyl (C=O) groups excluding carboxylic acids is 1. The molecule has 100 valence electrons. The maximum atomic E-state index is 11.8. The van der Waals surface area contributed by atoms with Crippen LogP contribution in [0.5, 0.6) is 0 Å². The maximum Gasteiger partial charge on any atom is 0.308 e. The van der Waals surface area contributed by atoms with Gasteiger partial charge in [-0.15, -0.1) is 0 Å². The van der Waals surface area contributed by atoms with E-state index in [2.05, 4.69) is 10.4 Å². The van der Waals surface area contributed by atoms with Gasteiger partial charge in [0.05, 0.1) is 5.92 Å². The Morgan fingerprint density at radius 3 is 2.61 bits per heavy atom. The van der Waals surface area contributed by atoms with Gasteiger partial charge in [0.2, 0.25) is 0 Å². The van der Waals surface area contributed by atoms with Crippen LogP contribution in [0.3, 0.4) is 0 Å². The molecule has 1 unspecified atom stereocenters. The summed E-state index contributed by atoms with van der Waals surface area (Å²) in [7, 11) is 1.66. The largest absolute Gasteiger partial charge is 0.481 e. The third kappa shape index (κ3) is 3.87. The second-order valence-electron chi connectivity index (χ2n) is 4.71. The van der Waals surface area contributed by atoms with Gasteiger partial charge in [0, 0.05) is 19.8 Å². The second kappa shape index (κ2) is 6.18. The monoisotopic (exact) mass is 253 g/mol. The van der Waals surface area contributed by atoms with Crippen molar-refractivity contribution in [2.45, 2.75) is 20.3 Å². The zero-order chi connectivity index (χ0) is 13.7. The zero-order valence-electron chi connectivity index (χ0n) is 10.9. The number of aliphatic carboxylic acids is 1. The highest BCUT2D eigenvalue weighted by molar-refractivity contribution is 5.92. The predicted octanol–water partition coefficient (Wildman–Crippen LogP) is 0.897. The van der Waals surface area contributed by atoms with Crippen LogP contribution >= 0.6 is 0 Å². The number of nitrogens with zero attached hydrogens (tertiary/aromatic N) is 2. The lowest BCUT2D eigenvalue weighted by Crippen LogP contribution is -2.34. The van der Waals surface area contributed by atoms with Gasteiger partial charge in [-0.05, 0) is 18.4 Å². The van der Waals surface area contributed by atoms with Crippen LogP contribution in [0, 0.1) is 11.8 Å². The quantitative estimate of drug-likeness (QED) is 0.788. The molecule has 1 heterocycles. The lowest BCUT2D eigenvalue weighted by atomic mass is 9.97. The van der Waals surface area contributed by atoms with Crippen molar-refractivity contribution < 1.29 is 14.7 Å². The minimum Gasteiger partial charge on any atom is -0.481 e. The number of nitrogens with one attached hydrogen (secondary N) is 1. The van der Waals surface area contributed by atoms with Gasteiger partial charge in [0.1, 0.15) is 5.69 Å². The summed E-state index contributed by atoms with van der Waals surface area (Å²) in [6.45, 7) is 4.05. The van der Waals surface area contributed by atoms with E-state index in [0.717, 1.165) is 0 Å². The van der Waals surface area contributed by atoms with Crippen molar-refractivity contribution in [3.05, 3.63) is 18.0 Å². The fourth-order valence-electron chi connectivity index (χ4n) is 1.74. The van der Waals surface area contributed by atoms with Crippen LogP contribution in [-0.4, -0.2) is 33.3 Å². The Labute approximate surface area is 106 Å². The summed E-state index contributed by atoms with van der Waals surface area (Å²) in [4.78, 5) is 22.8. The fourth-order valence-corrected chi connectivity index (χ4v) is 1.74. The molecule has 0 aliphatic heterocycles. The number of aryl methyl sites for hydroxylation is 1. The second-order valence-corrected chi connectivity index (χ2v) is 4.71. The minimum atomic E-state index is -0.881. The summed E-state index contributed by atoms with van der Waals surface area (Å²) in [5.74, 6) is -1.46. The maximum absolute atomic E-state index is 11.8. The summed E-state index contributed by atoms with van der Waals surface area (Å²) in [6.07, 6.45) is 2.07. The van der Waals surface area contributed by atoms with Gasteiger partial charge in [-0.2, -0.15) is 5.10 Å². The number of hydrogen-bond acceptors (Lipinski definition) is 3. The molecule has 0 aliphatic rings. The van der Waals surface area contributed by atoms with Gasteiger partial charge >= 0.3 is 5.97 Å². The first-order chi connectivity index (χ1) is 8.41. The zero-order valence-corrected chi connectivity index (χ0v) is 10.9. The molecule has 18 heavy (non-hydrogen) atoms. The molecule has 6 nitrogen and oxygen atoms in total. The molecule has 0 saturated heterocycles. The third-order valence-electron chi connectivity index (χ3n) is 2.67. The van der Waals surface area contributed by atoms with Crippen molar-refractivity contribution in [3.8, 4) is 0 Å². The first-order valence-electron chi connectivity index (χ1n) is 5.90. The molecule has 0 radical (unpaired) electrons. The number of carbonyl (C=O) groups is 2. The Morgan fingerprint density at radius 2 is 2.17 bits per heavy atom. The molecule has 1 atom stereocenters. The van der Waals surface area contributed by atoms with Crippen LogP contribution in [0.15, 0.2) is 12.3 Å². The van der Waals surface area contributed by atoms with E-state index in [1.165, 1.54) is 10.9 Å². The Bertz CT molecular complexity index is 426. The summed E-state index contributed by atoms with van der Waals surface area (Å²) >= 11 is 0. The number of amides is 1. The standard InChI is InChI=1S/C12H19N3O3/c1-8(2)6-9(12(17)18)7-13-11(16)10-4-5-14-15(10)3/h4-5,8-9H,6-7H2,1-3H3,(H,13,16)(H,17,18). The highest BCUT2D eigenvalue weighted by atomic mass is 16.4. The number of aromatic nitrogens is 2. The third-order valence-corrected chi connectivity index (χ3v) is 2.67. The number of rotatable bonds is 6. The van der Waals surface area contributed by atoms with Gasteiger partial charge < -0.3 is 10.4 Å². The first kappa shape index (κ1) is 14.2. The molecule has 2 N–H and O–H groups in total. The Kier molecular flexibility index (Phi) is 4.88. The molecule has 6 heteroatoms. The van der Waals surface area contributed by atoms with E-state index in [9.17, 15) is 9.59 Å². The molecule has 1 aromatic rings. The minimum absolute atomic E-state index is 0.136. The molecule has 0 aliphatic carbocycles. The van der Waals surface area contributed by atoms with E-state index in [-0.39, 0.29) is 18.4 Å². The normalized spacial score (nSPS) is 12.4. The smallest absolute Gasteiger partial charge is 0.308 e. The van der Waals surface area contributed by atoms with Crippen LogP contribution in [0.4, 0.5) is 0 Å². The van der Waals surface area contributed by atoms with E-state index in [0.29, 0.717) is 12.1 Å².